The van der Waals surface area contributed by atoms with Crippen LogP contribution in [-0.2, 0) is 19.6 Å². The summed E-state index contributed by atoms with van der Waals surface area (Å²) in [6, 6.07) is 4.08. The van der Waals surface area contributed by atoms with Crippen LogP contribution in [0.25, 0.3) is 0 Å². The fourth-order valence-corrected chi connectivity index (χ4v) is 3.02. The molecule has 1 amide bonds. The van der Waals surface area contributed by atoms with Crippen LogP contribution < -0.4 is 10.0 Å². The number of carbonyl (C=O) groups is 2. The SMILES string of the molecule is C=CCNS(=O)(=O)c1ccc(C(=O)NC(CCOC(C)(C)C)C(=O)O)cc1. The number of nitrogens with one attached hydrogen (secondary N) is 2. The van der Waals surface area contributed by atoms with Gasteiger partial charge in [-0.25, -0.2) is 17.9 Å². The number of benzene rings is 1. The van der Waals surface area contributed by atoms with Crippen LogP contribution in [0.5, 0.6) is 0 Å². The molecule has 1 unspecified atom stereocenters. The second-order valence-corrected chi connectivity index (χ2v) is 8.55. The summed E-state index contributed by atoms with van der Waals surface area (Å²) in [5.41, 5.74) is -0.255. The smallest absolute Gasteiger partial charge is 0.326 e. The van der Waals surface area contributed by atoms with Crippen molar-refractivity contribution < 1.29 is 27.9 Å². The van der Waals surface area contributed by atoms with Gasteiger partial charge in [0.15, 0.2) is 0 Å². The van der Waals surface area contributed by atoms with Crippen LogP contribution in [0.1, 0.15) is 37.6 Å². The summed E-state index contributed by atoms with van der Waals surface area (Å²) in [6.07, 6.45) is 1.52. The van der Waals surface area contributed by atoms with E-state index >= 15 is 0 Å². The molecule has 1 atom stereocenters. The molecule has 8 nitrogen and oxygen atoms in total. The van der Waals surface area contributed by atoms with E-state index in [1.165, 1.54) is 30.3 Å². The van der Waals surface area contributed by atoms with Gasteiger partial charge in [-0.05, 0) is 45.0 Å². The average molecular weight is 398 g/mol. The van der Waals surface area contributed by atoms with Gasteiger partial charge in [0.25, 0.3) is 5.91 Å². The van der Waals surface area contributed by atoms with E-state index in [1.54, 1.807) is 0 Å². The third kappa shape index (κ3) is 7.90. The van der Waals surface area contributed by atoms with Crippen LogP contribution in [-0.4, -0.2) is 50.2 Å². The zero-order chi connectivity index (χ0) is 20.7. The summed E-state index contributed by atoms with van der Waals surface area (Å²) in [4.78, 5) is 23.6. The van der Waals surface area contributed by atoms with E-state index in [1.807, 2.05) is 20.8 Å². The molecule has 1 aromatic carbocycles. The van der Waals surface area contributed by atoms with E-state index in [0.717, 1.165) is 0 Å². The molecule has 3 N–H and O–H groups in total. The largest absolute Gasteiger partial charge is 0.480 e. The summed E-state index contributed by atoms with van der Waals surface area (Å²) in [6.45, 7) is 9.24. The third-order valence-corrected chi connectivity index (χ3v) is 4.83. The Balaban J connectivity index is 2.77. The van der Waals surface area contributed by atoms with Crippen LogP contribution in [0.4, 0.5) is 0 Å². The highest BCUT2D eigenvalue weighted by Gasteiger charge is 2.22. The predicted octanol–water partition coefficient (Wildman–Crippen LogP) is 1.54. The summed E-state index contributed by atoms with van der Waals surface area (Å²) in [5, 5.41) is 11.7. The predicted molar refractivity (Wildman–Crippen MR) is 101 cm³/mol. The Morgan fingerprint density at radius 1 is 1.26 bits per heavy atom. The van der Waals surface area contributed by atoms with E-state index in [9.17, 15) is 23.1 Å². The fourth-order valence-electron chi connectivity index (χ4n) is 2.02. The first-order valence-corrected chi connectivity index (χ1v) is 9.83. The van der Waals surface area contributed by atoms with Crippen LogP contribution in [0, 0.1) is 0 Å². The highest BCUT2D eigenvalue weighted by molar-refractivity contribution is 7.89. The van der Waals surface area contributed by atoms with E-state index in [4.69, 9.17) is 4.74 Å². The molecule has 27 heavy (non-hydrogen) atoms. The molecule has 0 heterocycles. The van der Waals surface area contributed by atoms with Crippen molar-refractivity contribution in [3.05, 3.63) is 42.5 Å². The molecule has 150 valence electrons. The number of hydrogen-bond acceptors (Lipinski definition) is 5. The van der Waals surface area contributed by atoms with Crippen molar-refractivity contribution in [3.63, 3.8) is 0 Å². The molecular formula is C18H26N2O6S. The fraction of sp³-hybridized carbons (Fsp3) is 0.444. The van der Waals surface area contributed by atoms with Crippen molar-refractivity contribution in [2.75, 3.05) is 13.2 Å². The number of sulfonamides is 1. The van der Waals surface area contributed by atoms with Gasteiger partial charge >= 0.3 is 5.97 Å². The molecule has 0 aliphatic heterocycles. The maximum Gasteiger partial charge on any atom is 0.326 e. The standard InChI is InChI=1S/C18H26N2O6S/c1-5-11-19-27(24,25)14-8-6-13(7-9-14)16(21)20-15(17(22)23)10-12-26-18(2,3)4/h5-9,15,19H,1,10-12H2,2-4H3,(H,20,21)(H,22,23). The van der Waals surface area contributed by atoms with Gasteiger partial charge in [-0.15, -0.1) is 6.58 Å². The number of hydrogen-bond donors (Lipinski definition) is 3. The number of ether oxygens (including phenoxy) is 1. The molecule has 0 bridgehead atoms. The molecule has 0 aliphatic rings. The lowest BCUT2D eigenvalue weighted by molar-refractivity contribution is -0.140. The minimum absolute atomic E-state index is 0.00531. The Morgan fingerprint density at radius 3 is 2.33 bits per heavy atom. The van der Waals surface area contributed by atoms with Crippen molar-refractivity contribution in [2.24, 2.45) is 0 Å². The van der Waals surface area contributed by atoms with Gasteiger partial charge in [0.2, 0.25) is 10.0 Å². The first-order chi connectivity index (χ1) is 12.5. The first kappa shape index (κ1) is 22.8. The Bertz CT molecular complexity index is 766. The van der Waals surface area contributed by atoms with Gasteiger partial charge in [0.05, 0.1) is 10.5 Å². The van der Waals surface area contributed by atoms with Crippen molar-refractivity contribution in [3.8, 4) is 0 Å². The minimum atomic E-state index is -3.69. The normalized spacial score (nSPS) is 13.0. The van der Waals surface area contributed by atoms with Gasteiger partial charge in [-0.2, -0.15) is 0 Å². The lowest BCUT2D eigenvalue weighted by atomic mass is 10.1. The number of carbonyl (C=O) groups excluding carboxylic acids is 1. The molecule has 1 rings (SSSR count). The van der Waals surface area contributed by atoms with Crippen molar-refractivity contribution >= 4 is 21.9 Å². The number of carboxylic acids is 1. The second kappa shape index (κ2) is 9.63. The topological polar surface area (TPSA) is 122 Å². The lowest BCUT2D eigenvalue weighted by Gasteiger charge is -2.21. The van der Waals surface area contributed by atoms with Gasteiger partial charge in [0, 0.05) is 25.1 Å². The highest BCUT2D eigenvalue weighted by Crippen LogP contribution is 2.12. The Kier molecular flexibility index (Phi) is 8.14. The summed E-state index contributed by atoms with van der Waals surface area (Å²) >= 11 is 0. The van der Waals surface area contributed by atoms with Gasteiger partial charge < -0.3 is 15.2 Å². The second-order valence-electron chi connectivity index (χ2n) is 6.78. The molecule has 0 spiro atoms. The van der Waals surface area contributed by atoms with Crippen LogP contribution >= 0.6 is 0 Å². The number of rotatable bonds is 10. The summed E-state index contributed by atoms with van der Waals surface area (Å²) in [5.74, 6) is -1.78. The summed E-state index contributed by atoms with van der Waals surface area (Å²) < 4.78 is 31.8. The zero-order valence-electron chi connectivity index (χ0n) is 15.7. The molecule has 0 radical (unpaired) electrons. The summed E-state index contributed by atoms with van der Waals surface area (Å²) in [7, 11) is -3.69. The van der Waals surface area contributed by atoms with E-state index in [0.29, 0.717) is 0 Å². The van der Waals surface area contributed by atoms with Crippen molar-refractivity contribution in [1.82, 2.24) is 10.0 Å². The Hall–Kier alpha value is -2.23. The molecule has 9 heteroatoms. The monoisotopic (exact) mass is 398 g/mol. The van der Waals surface area contributed by atoms with E-state index in [2.05, 4.69) is 16.6 Å². The molecule has 0 aliphatic carbocycles. The zero-order valence-corrected chi connectivity index (χ0v) is 16.5. The quantitative estimate of drug-likeness (QED) is 0.514. The van der Waals surface area contributed by atoms with Crippen LogP contribution in [0.2, 0.25) is 0 Å². The van der Waals surface area contributed by atoms with Gasteiger partial charge in [0.1, 0.15) is 6.04 Å². The van der Waals surface area contributed by atoms with E-state index < -0.39 is 33.5 Å². The number of carboxylic acid groups (broad SMARTS) is 1. The molecule has 0 saturated carbocycles. The Labute approximate surface area is 159 Å². The third-order valence-electron chi connectivity index (χ3n) is 3.39. The molecular weight excluding hydrogens is 372 g/mol. The molecule has 1 aromatic rings. The molecule has 0 saturated heterocycles. The van der Waals surface area contributed by atoms with E-state index in [-0.39, 0.29) is 30.0 Å². The van der Waals surface area contributed by atoms with Gasteiger partial charge in [-0.3, -0.25) is 4.79 Å². The first-order valence-electron chi connectivity index (χ1n) is 8.34. The molecule has 0 aromatic heterocycles. The maximum atomic E-state index is 12.3. The minimum Gasteiger partial charge on any atom is -0.480 e. The average Bonchev–Trinajstić information content (AvgIpc) is 2.58. The van der Waals surface area contributed by atoms with Gasteiger partial charge in [-0.1, -0.05) is 6.08 Å². The highest BCUT2D eigenvalue weighted by atomic mass is 32.2. The maximum absolute atomic E-state index is 12.3. The Morgan fingerprint density at radius 2 is 1.85 bits per heavy atom. The van der Waals surface area contributed by atoms with Crippen LogP contribution in [0.15, 0.2) is 41.8 Å². The van der Waals surface area contributed by atoms with Crippen LogP contribution in [0.3, 0.4) is 0 Å². The molecule has 0 fully saturated rings. The van der Waals surface area contributed by atoms with Crippen molar-refractivity contribution in [1.29, 1.82) is 0 Å². The number of aliphatic carboxylic acids is 1. The van der Waals surface area contributed by atoms with Crippen molar-refractivity contribution in [2.45, 2.75) is 43.7 Å². The number of amides is 1. The lowest BCUT2D eigenvalue weighted by Crippen LogP contribution is -2.42.